The molecule has 0 fully saturated rings. The van der Waals surface area contributed by atoms with Gasteiger partial charge in [-0.2, -0.15) is 0 Å². The number of rotatable bonds is 5. The number of hydrogen-bond acceptors (Lipinski definition) is 6. The zero-order valence-electron chi connectivity index (χ0n) is 14.5. The molecule has 2 atom stereocenters. The summed E-state index contributed by atoms with van der Waals surface area (Å²) < 4.78 is 1.50. The number of carbonyl (C=O) groups is 1. The van der Waals surface area contributed by atoms with Crippen molar-refractivity contribution >= 4 is 22.4 Å². The van der Waals surface area contributed by atoms with Crippen LogP contribution in [0.5, 0.6) is 0 Å². The third-order valence-corrected chi connectivity index (χ3v) is 5.71. The van der Waals surface area contributed by atoms with Crippen LogP contribution in [0.1, 0.15) is 35.5 Å². The summed E-state index contributed by atoms with van der Waals surface area (Å²) in [5, 5.41) is 14.9. The molecule has 0 radical (unpaired) electrons. The lowest BCUT2D eigenvalue weighted by molar-refractivity contribution is -0.119. The van der Waals surface area contributed by atoms with Crippen LogP contribution in [-0.2, 0) is 24.1 Å². The molecule has 26 heavy (non-hydrogen) atoms. The van der Waals surface area contributed by atoms with Crippen LogP contribution < -0.4 is 5.32 Å². The van der Waals surface area contributed by atoms with Gasteiger partial charge in [0.05, 0.1) is 5.69 Å². The molecule has 2 heterocycles. The molecular weight excluding hydrogens is 348 g/mol. The van der Waals surface area contributed by atoms with Crippen LogP contribution in [0.15, 0.2) is 36.7 Å². The van der Waals surface area contributed by atoms with Crippen LogP contribution in [0.4, 0.5) is 5.13 Å². The summed E-state index contributed by atoms with van der Waals surface area (Å²) in [6, 6.07) is 9.34. The van der Waals surface area contributed by atoms with Gasteiger partial charge in [-0.25, -0.2) is 9.67 Å². The summed E-state index contributed by atoms with van der Waals surface area (Å²) in [6.45, 7) is 2.26. The van der Waals surface area contributed by atoms with Crippen molar-refractivity contribution in [2.45, 2.75) is 38.6 Å². The van der Waals surface area contributed by atoms with E-state index in [2.05, 4.69) is 32.7 Å². The molecule has 2 aromatic heterocycles. The van der Waals surface area contributed by atoms with E-state index in [1.807, 2.05) is 30.3 Å². The first kappa shape index (κ1) is 16.8. The summed E-state index contributed by atoms with van der Waals surface area (Å²) in [6.07, 6.45) is 5.18. The third kappa shape index (κ3) is 3.65. The van der Waals surface area contributed by atoms with Gasteiger partial charge in [0.15, 0.2) is 5.13 Å². The van der Waals surface area contributed by atoms with Crippen LogP contribution in [-0.4, -0.2) is 31.1 Å². The van der Waals surface area contributed by atoms with Crippen molar-refractivity contribution in [1.29, 1.82) is 0 Å². The van der Waals surface area contributed by atoms with Gasteiger partial charge in [-0.1, -0.05) is 37.3 Å². The second kappa shape index (κ2) is 7.33. The topological polar surface area (TPSA) is 85.6 Å². The van der Waals surface area contributed by atoms with Crippen LogP contribution in [0.3, 0.4) is 0 Å². The molecule has 1 aliphatic carbocycles. The molecule has 3 aromatic rings. The highest BCUT2D eigenvalue weighted by Crippen LogP contribution is 2.32. The molecule has 134 valence electrons. The Kier molecular flexibility index (Phi) is 4.75. The first-order valence-electron chi connectivity index (χ1n) is 8.75. The Morgan fingerprint density at radius 1 is 1.38 bits per heavy atom. The number of nitrogens with zero attached hydrogens (tertiary/aromatic N) is 5. The molecule has 1 N–H and O–H groups in total. The fourth-order valence-electron chi connectivity index (χ4n) is 3.24. The lowest BCUT2D eigenvalue weighted by Crippen LogP contribution is -2.28. The zero-order chi connectivity index (χ0) is 17.9. The number of aromatic nitrogens is 5. The van der Waals surface area contributed by atoms with E-state index in [0.717, 1.165) is 30.5 Å². The fraction of sp³-hybridized carbons (Fsp3) is 0.389. The average Bonchev–Trinajstić information content (AvgIpc) is 3.29. The van der Waals surface area contributed by atoms with Gasteiger partial charge in [-0.3, -0.25) is 4.79 Å². The molecule has 0 bridgehead atoms. The number of aryl methyl sites for hydroxylation is 1. The Morgan fingerprint density at radius 2 is 2.23 bits per heavy atom. The highest BCUT2D eigenvalue weighted by molar-refractivity contribution is 7.15. The second-order valence-corrected chi connectivity index (χ2v) is 7.81. The number of tetrazole rings is 1. The molecule has 0 saturated heterocycles. The lowest BCUT2D eigenvalue weighted by Gasteiger charge is -2.15. The van der Waals surface area contributed by atoms with E-state index in [-0.39, 0.29) is 5.91 Å². The second-order valence-electron chi connectivity index (χ2n) is 6.72. The highest BCUT2D eigenvalue weighted by Gasteiger charge is 2.25. The molecular formula is C18H20N6OS. The van der Waals surface area contributed by atoms with Gasteiger partial charge < -0.3 is 5.32 Å². The summed E-state index contributed by atoms with van der Waals surface area (Å²) in [5.74, 6) is 0.527. The number of thiazole rings is 1. The molecule has 0 saturated carbocycles. The molecule has 7 nitrogen and oxygen atoms in total. The Morgan fingerprint density at radius 3 is 3.00 bits per heavy atom. The zero-order valence-corrected chi connectivity index (χ0v) is 15.3. The highest BCUT2D eigenvalue weighted by atomic mass is 32.1. The van der Waals surface area contributed by atoms with Gasteiger partial charge in [-0.05, 0) is 41.2 Å². The molecule has 1 aliphatic rings. The van der Waals surface area contributed by atoms with Gasteiger partial charge in [-0.15, -0.1) is 16.4 Å². The van der Waals surface area contributed by atoms with Gasteiger partial charge in [0, 0.05) is 11.3 Å². The van der Waals surface area contributed by atoms with Crippen molar-refractivity contribution in [3.05, 3.63) is 52.8 Å². The maximum atomic E-state index is 12.9. The normalized spacial score (nSPS) is 17.5. The number of fused-ring (bicyclic) bond motifs is 1. The van der Waals surface area contributed by atoms with E-state index in [1.54, 1.807) is 11.3 Å². The van der Waals surface area contributed by atoms with Gasteiger partial charge in [0.25, 0.3) is 5.91 Å². The first-order chi connectivity index (χ1) is 12.7. The molecule has 8 heteroatoms. The number of hydrogen-bond donors (Lipinski definition) is 1. The molecule has 1 amide bonds. The predicted molar refractivity (Wildman–Crippen MR) is 98.9 cm³/mol. The fourth-order valence-corrected chi connectivity index (χ4v) is 4.41. The minimum atomic E-state index is -0.521. The number of nitrogens with one attached hydrogen (secondary N) is 1. The quantitative estimate of drug-likeness (QED) is 0.748. The van der Waals surface area contributed by atoms with E-state index in [4.69, 9.17) is 0 Å². The molecule has 0 aliphatic heterocycles. The summed E-state index contributed by atoms with van der Waals surface area (Å²) in [4.78, 5) is 18.8. The van der Waals surface area contributed by atoms with Crippen LogP contribution in [0.2, 0.25) is 0 Å². The number of amides is 1. The van der Waals surface area contributed by atoms with E-state index in [0.29, 0.717) is 17.5 Å². The van der Waals surface area contributed by atoms with E-state index >= 15 is 0 Å². The van der Waals surface area contributed by atoms with Crippen molar-refractivity contribution in [3.63, 3.8) is 0 Å². The van der Waals surface area contributed by atoms with Gasteiger partial charge in [0.1, 0.15) is 12.4 Å². The van der Waals surface area contributed by atoms with Crippen molar-refractivity contribution < 1.29 is 4.79 Å². The Hall–Kier alpha value is -2.61. The maximum absolute atomic E-state index is 12.9. The number of anilines is 1. The van der Waals surface area contributed by atoms with Crippen molar-refractivity contribution in [3.8, 4) is 0 Å². The lowest BCUT2D eigenvalue weighted by atomic mass is 9.93. The molecule has 0 unspecified atom stereocenters. The van der Waals surface area contributed by atoms with E-state index in [9.17, 15) is 4.79 Å². The summed E-state index contributed by atoms with van der Waals surface area (Å²) >= 11 is 1.58. The predicted octanol–water partition coefficient (Wildman–Crippen LogP) is 2.68. The average molecular weight is 368 g/mol. The van der Waals surface area contributed by atoms with Gasteiger partial charge in [0.2, 0.25) is 0 Å². The standard InChI is InChI=1S/C18H20N6OS/c1-12-7-8-14-16(9-12)26-18(20-14)21-17(25)15(24-11-19-22-23-24)10-13-5-3-2-4-6-13/h2-6,11-12,15H,7-10H2,1H3,(H,20,21,25)/t12-,15+/m0/s1. The van der Waals surface area contributed by atoms with Crippen LogP contribution in [0.25, 0.3) is 0 Å². The SMILES string of the molecule is C[C@H]1CCc2nc(NC(=O)[C@@H](Cc3ccccc3)n3cnnn3)sc2C1. The van der Waals surface area contributed by atoms with Crippen molar-refractivity contribution in [2.24, 2.45) is 5.92 Å². The van der Waals surface area contributed by atoms with Crippen molar-refractivity contribution in [2.75, 3.05) is 5.32 Å². The smallest absolute Gasteiger partial charge is 0.251 e. The Bertz CT molecular complexity index is 876. The summed E-state index contributed by atoms with van der Waals surface area (Å²) in [5.41, 5.74) is 2.18. The first-order valence-corrected chi connectivity index (χ1v) is 9.56. The van der Waals surface area contributed by atoms with Crippen molar-refractivity contribution in [1.82, 2.24) is 25.2 Å². The number of carbonyl (C=O) groups excluding carboxylic acids is 1. The Labute approximate surface area is 155 Å². The summed E-state index contributed by atoms with van der Waals surface area (Å²) in [7, 11) is 0. The van der Waals surface area contributed by atoms with Crippen LogP contribution >= 0.6 is 11.3 Å². The largest absolute Gasteiger partial charge is 0.300 e. The van der Waals surface area contributed by atoms with Crippen LogP contribution in [0, 0.1) is 5.92 Å². The number of benzene rings is 1. The minimum Gasteiger partial charge on any atom is -0.300 e. The minimum absolute atomic E-state index is 0.153. The molecule has 1 aromatic carbocycles. The third-order valence-electron chi connectivity index (χ3n) is 4.67. The molecule has 4 rings (SSSR count). The monoisotopic (exact) mass is 368 g/mol. The molecule has 0 spiro atoms. The van der Waals surface area contributed by atoms with E-state index < -0.39 is 6.04 Å². The van der Waals surface area contributed by atoms with E-state index in [1.165, 1.54) is 15.9 Å². The van der Waals surface area contributed by atoms with Gasteiger partial charge >= 0.3 is 0 Å². The maximum Gasteiger partial charge on any atom is 0.251 e. The Balaban J connectivity index is 1.53.